The minimum atomic E-state index is -0.0629. The maximum Gasteiger partial charge on any atom is 0.240 e. The predicted octanol–water partition coefficient (Wildman–Crippen LogP) is 3.78. The Morgan fingerprint density at radius 1 is 1.05 bits per heavy atom. The van der Waals surface area contributed by atoms with Crippen LogP contribution < -0.4 is 5.43 Å². The highest BCUT2D eigenvalue weighted by molar-refractivity contribution is 5.99. The summed E-state index contributed by atoms with van der Waals surface area (Å²) in [6, 6.07) is 16.2. The van der Waals surface area contributed by atoms with Gasteiger partial charge in [0.2, 0.25) is 5.91 Å². The number of carbonyl (C=O) groups is 1. The van der Waals surface area contributed by atoms with Crippen LogP contribution in [0.5, 0.6) is 0 Å². The number of aryl methyl sites for hydroxylation is 3. The van der Waals surface area contributed by atoms with Crippen LogP contribution in [0.15, 0.2) is 53.6 Å². The molecular weight excluding hydrogens is 272 g/mol. The van der Waals surface area contributed by atoms with E-state index in [1.165, 1.54) is 11.1 Å². The fraction of sp³-hybridized carbons (Fsp3) is 0.263. The van der Waals surface area contributed by atoms with E-state index in [0.717, 1.165) is 23.3 Å². The van der Waals surface area contributed by atoms with Crippen molar-refractivity contribution in [1.29, 1.82) is 0 Å². The molecule has 0 spiro atoms. The first-order valence-electron chi connectivity index (χ1n) is 7.51. The fourth-order valence-electron chi connectivity index (χ4n) is 2.14. The lowest BCUT2D eigenvalue weighted by atomic mass is 10.0. The Morgan fingerprint density at radius 3 is 2.45 bits per heavy atom. The van der Waals surface area contributed by atoms with Gasteiger partial charge in [-0.25, -0.2) is 5.43 Å². The number of hydrogen-bond donors (Lipinski definition) is 1. The maximum absolute atomic E-state index is 11.9. The lowest BCUT2D eigenvalue weighted by molar-refractivity contribution is -0.121. The molecule has 0 aliphatic rings. The number of amides is 1. The van der Waals surface area contributed by atoms with Crippen LogP contribution in [-0.2, 0) is 11.2 Å². The number of carbonyl (C=O) groups excluding carboxylic acids is 1. The van der Waals surface area contributed by atoms with E-state index in [4.69, 9.17) is 0 Å². The monoisotopic (exact) mass is 294 g/mol. The molecule has 0 aromatic heterocycles. The van der Waals surface area contributed by atoms with Crippen molar-refractivity contribution in [3.63, 3.8) is 0 Å². The van der Waals surface area contributed by atoms with Crippen LogP contribution in [0.1, 0.15) is 35.6 Å². The van der Waals surface area contributed by atoms with Crippen molar-refractivity contribution in [3.8, 4) is 0 Å². The summed E-state index contributed by atoms with van der Waals surface area (Å²) in [5.74, 6) is -0.0629. The molecule has 0 atom stereocenters. The normalized spacial score (nSPS) is 11.3. The van der Waals surface area contributed by atoms with Crippen LogP contribution in [0, 0.1) is 13.8 Å². The van der Waals surface area contributed by atoms with Gasteiger partial charge in [0, 0.05) is 6.42 Å². The summed E-state index contributed by atoms with van der Waals surface area (Å²) in [4.78, 5) is 11.9. The summed E-state index contributed by atoms with van der Waals surface area (Å²) < 4.78 is 0. The van der Waals surface area contributed by atoms with Crippen molar-refractivity contribution in [2.75, 3.05) is 0 Å². The third-order valence-electron chi connectivity index (χ3n) is 3.76. The molecule has 0 radical (unpaired) electrons. The molecule has 2 rings (SSSR count). The summed E-state index contributed by atoms with van der Waals surface area (Å²) in [7, 11) is 0. The Morgan fingerprint density at radius 2 is 1.77 bits per heavy atom. The first-order chi connectivity index (χ1) is 10.6. The van der Waals surface area contributed by atoms with Gasteiger partial charge < -0.3 is 0 Å². The molecule has 0 saturated heterocycles. The third-order valence-corrected chi connectivity index (χ3v) is 3.76. The third kappa shape index (κ3) is 4.55. The van der Waals surface area contributed by atoms with Gasteiger partial charge in [-0.2, -0.15) is 5.10 Å². The van der Waals surface area contributed by atoms with Crippen molar-refractivity contribution in [1.82, 2.24) is 5.43 Å². The number of hydrazone groups is 1. The number of benzene rings is 2. The van der Waals surface area contributed by atoms with Gasteiger partial charge in [0.05, 0.1) is 5.71 Å². The van der Waals surface area contributed by atoms with Crippen molar-refractivity contribution in [2.45, 2.75) is 33.6 Å². The molecule has 3 nitrogen and oxygen atoms in total. The van der Waals surface area contributed by atoms with Gasteiger partial charge in [-0.3, -0.25) is 4.79 Å². The number of nitrogens with zero attached hydrogens (tertiary/aromatic N) is 1. The van der Waals surface area contributed by atoms with Gasteiger partial charge in [-0.05, 0) is 55.5 Å². The van der Waals surface area contributed by atoms with Crippen LogP contribution >= 0.6 is 0 Å². The SMILES string of the molecule is C/C(=N\NC(=O)CCc1ccccc1)c1ccc(C)c(C)c1. The molecule has 0 heterocycles. The molecule has 0 saturated carbocycles. The largest absolute Gasteiger partial charge is 0.273 e. The summed E-state index contributed by atoms with van der Waals surface area (Å²) in [6.45, 7) is 6.06. The summed E-state index contributed by atoms with van der Waals surface area (Å²) in [6.07, 6.45) is 1.17. The average Bonchev–Trinajstić information content (AvgIpc) is 2.54. The van der Waals surface area contributed by atoms with Gasteiger partial charge in [0.25, 0.3) is 0 Å². The van der Waals surface area contributed by atoms with Crippen LogP contribution in [0.3, 0.4) is 0 Å². The van der Waals surface area contributed by atoms with E-state index in [1.54, 1.807) is 0 Å². The molecule has 0 unspecified atom stereocenters. The lowest BCUT2D eigenvalue weighted by Gasteiger charge is -2.06. The predicted molar refractivity (Wildman–Crippen MR) is 91.0 cm³/mol. The van der Waals surface area contributed by atoms with Crippen LogP contribution in [0.25, 0.3) is 0 Å². The highest BCUT2D eigenvalue weighted by atomic mass is 16.2. The molecule has 0 aliphatic carbocycles. The van der Waals surface area contributed by atoms with E-state index < -0.39 is 0 Å². The zero-order valence-corrected chi connectivity index (χ0v) is 13.4. The zero-order chi connectivity index (χ0) is 15.9. The minimum absolute atomic E-state index is 0.0629. The van der Waals surface area contributed by atoms with E-state index in [0.29, 0.717) is 6.42 Å². The number of nitrogens with one attached hydrogen (secondary N) is 1. The van der Waals surface area contributed by atoms with Gasteiger partial charge in [0.15, 0.2) is 0 Å². The first-order valence-corrected chi connectivity index (χ1v) is 7.51. The Bertz CT molecular complexity index is 675. The van der Waals surface area contributed by atoms with Gasteiger partial charge in [0.1, 0.15) is 0 Å². The molecule has 1 amide bonds. The summed E-state index contributed by atoms with van der Waals surface area (Å²) >= 11 is 0. The van der Waals surface area contributed by atoms with Crippen LogP contribution in [0.4, 0.5) is 0 Å². The van der Waals surface area contributed by atoms with Gasteiger partial charge in [-0.1, -0.05) is 42.5 Å². The standard InChI is InChI=1S/C19H22N2O/c1-14-9-11-18(13-15(14)2)16(3)20-21-19(22)12-10-17-7-5-4-6-8-17/h4-9,11,13H,10,12H2,1-3H3,(H,21,22)/b20-16+. The molecule has 0 aliphatic heterocycles. The second kappa shape index (κ2) is 7.55. The molecule has 3 heteroatoms. The summed E-state index contributed by atoms with van der Waals surface area (Å²) in [5.41, 5.74) is 8.12. The quantitative estimate of drug-likeness (QED) is 0.662. The fourth-order valence-corrected chi connectivity index (χ4v) is 2.14. The molecule has 0 bridgehead atoms. The smallest absolute Gasteiger partial charge is 0.240 e. The lowest BCUT2D eigenvalue weighted by Crippen LogP contribution is -2.19. The number of hydrogen-bond acceptors (Lipinski definition) is 2. The van der Waals surface area contributed by atoms with Crippen LogP contribution in [-0.4, -0.2) is 11.6 Å². The highest BCUT2D eigenvalue weighted by Crippen LogP contribution is 2.10. The second-order valence-electron chi connectivity index (χ2n) is 5.52. The zero-order valence-electron chi connectivity index (χ0n) is 13.4. The molecule has 2 aromatic rings. The van der Waals surface area contributed by atoms with Crippen molar-refractivity contribution >= 4 is 11.6 Å². The van der Waals surface area contributed by atoms with Gasteiger partial charge in [-0.15, -0.1) is 0 Å². The molecule has 2 aromatic carbocycles. The maximum atomic E-state index is 11.9. The highest BCUT2D eigenvalue weighted by Gasteiger charge is 2.03. The average molecular weight is 294 g/mol. The van der Waals surface area contributed by atoms with E-state index in [9.17, 15) is 4.79 Å². The Hall–Kier alpha value is -2.42. The van der Waals surface area contributed by atoms with Crippen molar-refractivity contribution in [2.24, 2.45) is 5.10 Å². The minimum Gasteiger partial charge on any atom is -0.273 e. The second-order valence-corrected chi connectivity index (χ2v) is 5.52. The topological polar surface area (TPSA) is 41.5 Å². The molecule has 22 heavy (non-hydrogen) atoms. The van der Waals surface area contributed by atoms with E-state index in [1.807, 2.05) is 43.3 Å². The van der Waals surface area contributed by atoms with E-state index >= 15 is 0 Å². The summed E-state index contributed by atoms with van der Waals surface area (Å²) in [5, 5.41) is 4.19. The van der Waals surface area contributed by atoms with Crippen molar-refractivity contribution < 1.29 is 4.79 Å². The van der Waals surface area contributed by atoms with Crippen LogP contribution in [0.2, 0.25) is 0 Å². The Balaban J connectivity index is 1.90. The Kier molecular flexibility index (Phi) is 5.48. The Labute approximate surface area is 132 Å². The molecular formula is C19H22N2O. The molecule has 114 valence electrons. The van der Waals surface area contributed by atoms with E-state index in [-0.39, 0.29) is 5.91 Å². The molecule has 0 fully saturated rings. The first kappa shape index (κ1) is 16.0. The number of rotatable bonds is 5. The molecule has 1 N–H and O–H groups in total. The van der Waals surface area contributed by atoms with Crippen molar-refractivity contribution in [3.05, 3.63) is 70.8 Å². The van der Waals surface area contributed by atoms with Gasteiger partial charge >= 0.3 is 0 Å². The van der Waals surface area contributed by atoms with E-state index in [2.05, 4.69) is 36.5 Å².